The van der Waals surface area contributed by atoms with Crippen molar-refractivity contribution in [3.05, 3.63) is 70.4 Å². The second kappa shape index (κ2) is 10.0. The van der Waals surface area contributed by atoms with Crippen molar-refractivity contribution < 1.29 is 28.6 Å². The number of rotatable bonds is 7. The first-order valence-electron chi connectivity index (χ1n) is 10.1. The molecule has 10 heteroatoms. The van der Waals surface area contributed by atoms with Crippen molar-refractivity contribution in [1.82, 2.24) is 0 Å². The Morgan fingerprint density at radius 1 is 1.03 bits per heavy atom. The molecule has 1 aromatic heterocycles. The first kappa shape index (κ1) is 22.2. The van der Waals surface area contributed by atoms with E-state index < -0.39 is 18.6 Å². The van der Waals surface area contributed by atoms with Gasteiger partial charge in [0.05, 0.1) is 12.1 Å². The van der Waals surface area contributed by atoms with Gasteiger partial charge in [0.25, 0.3) is 5.91 Å². The normalized spacial score (nSPS) is 12.0. The van der Waals surface area contributed by atoms with Crippen LogP contribution in [0.5, 0.6) is 11.5 Å². The zero-order valence-electron chi connectivity index (χ0n) is 17.5. The molecule has 0 fully saturated rings. The smallest absolute Gasteiger partial charge is 0.338 e. The van der Waals surface area contributed by atoms with Gasteiger partial charge in [-0.25, -0.2) is 9.59 Å². The number of fused-ring (bicyclic) bond motifs is 1. The minimum Gasteiger partial charge on any atom is -0.486 e. The Balaban J connectivity index is 1.46. The van der Waals surface area contributed by atoms with E-state index in [0.717, 1.165) is 4.88 Å². The van der Waals surface area contributed by atoms with Gasteiger partial charge in [-0.2, -0.15) is 0 Å². The zero-order valence-corrected chi connectivity index (χ0v) is 18.3. The number of carbonyl (C=O) groups excluding carboxylic acids is 3. The highest BCUT2D eigenvalue weighted by Crippen LogP contribution is 2.34. The second-order valence-electron chi connectivity index (χ2n) is 7.03. The third-order valence-electron chi connectivity index (χ3n) is 4.75. The fourth-order valence-electron chi connectivity index (χ4n) is 3.20. The van der Waals surface area contributed by atoms with Gasteiger partial charge in [-0.3, -0.25) is 4.79 Å². The number of nitrogens with two attached hydrogens (primary N) is 1. The second-order valence-corrected chi connectivity index (χ2v) is 8.06. The SMILES string of the molecule is NC(=O)Nc1ccc(C(=O)OCC(=O)N(Cc2cccs2)c2ccc3c(c2)OCCO3)cc1. The lowest BCUT2D eigenvalue weighted by Crippen LogP contribution is -2.34. The number of hydrogen-bond donors (Lipinski definition) is 2. The van der Waals surface area contributed by atoms with Crippen molar-refractivity contribution >= 4 is 40.6 Å². The fraction of sp³-hybridized carbons (Fsp3) is 0.174. The van der Waals surface area contributed by atoms with Crippen LogP contribution in [0.3, 0.4) is 0 Å². The first-order valence-corrected chi connectivity index (χ1v) is 10.9. The Morgan fingerprint density at radius 2 is 1.79 bits per heavy atom. The highest BCUT2D eigenvalue weighted by Gasteiger charge is 2.22. The molecule has 0 unspecified atom stereocenters. The molecule has 0 spiro atoms. The number of ether oxygens (including phenoxy) is 3. The number of amides is 3. The summed E-state index contributed by atoms with van der Waals surface area (Å²) in [6, 6.07) is 14.4. The predicted octanol–water partition coefficient (Wildman–Crippen LogP) is 3.40. The fourth-order valence-corrected chi connectivity index (χ4v) is 3.89. The van der Waals surface area contributed by atoms with Crippen molar-refractivity contribution in [2.24, 2.45) is 5.73 Å². The van der Waals surface area contributed by atoms with Crippen molar-refractivity contribution in [2.45, 2.75) is 6.54 Å². The maximum Gasteiger partial charge on any atom is 0.338 e. The topological polar surface area (TPSA) is 120 Å². The number of anilines is 2. The molecule has 0 saturated heterocycles. The van der Waals surface area contributed by atoms with Gasteiger partial charge in [0.1, 0.15) is 13.2 Å². The lowest BCUT2D eigenvalue weighted by molar-refractivity contribution is -0.121. The summed E-state index contributed by atoms with van der Waals surface area (Å²) >= 11 is 1.52. The van der Waals surface area contributed by atoms with E-state index in [-0.39, 0.29) is 11.5 Å². The van der Waals surface area contributed by atoms with E-state index in [0.29, 0.717) is 42.6 Å². The average Bonchev–Trinajstić information content (AvgIpc) is 3.34. The molecular weight excluding hydrogens is 446 g/mol. The first-order chi connectivity index (χ1) is 16.0. The van der Waals surface area contributed by atoms with Crippen molar-refractivity contribution in [3.63, 3.8) is 0 Å². The van der Waals surface area contributed by atoms with E-state index in [2.05, 4.69) is 5.32 Å². The summed E-state index contributed by atoms with van der Waals surface area (Å²) in [5, 5.41) is 4.33. The van der Waals surface area contributed by atoms with Crippen LogP contribution in [0.4, 0.5) is 16.2 Å². The highest BCUT2D eigenvalue weighted by atomic mass is 32.1. The van der Waals surface area contributed by atoms with Gasteiger partial charge in [-0.05, 0) is 47.8 Å². The minimum absolute atomic E-state index is 0.238. The maximum atomic E-state index is 13.1. The van der Waals surface area contributed by atoms with Crippen LogP contribution in [0, 0.1) is 0 Å². The molecule has 2 heterocycles. The highest BCUT2D eigenvalue weighted by molar-refractivity contribution is 7.09. The molecule has 9 nitrogen and oxygen atoms in total. The summed E-state index contributed by atoms with van der Waals surface area (Å²) in [7, 11) is 0. The van der Waals surface area contributed by atoms with Gasteiger partial charge in [0, 0.05) is 22.3 Å². The van der Waals surface area contributed by atoms with E-state index in [1.807, 2.05) is 17.5 Å². The molecule has 170 valence electrons. The molecule has 0 radical (unpaired) electrons. The van der Waals surface area contributed by atoms with Crippen LogP contribution in [0.15, 0.2) is 60.0 Å². The number of carbonyl (C=O) groups is 3. The third-order valence-corrected chi connectivity index (χ3v) is 5.61. The molecule has 1 aliphatic heterocycles. The number of esters is 1. The summed E-state index contributed by atoms with van der Waals surface area (Å²) in [5.74, 6) is 0.131. The standard InChI is InChI=1S/C23H21N3O6S/c24-23(29)25-16-5-3-15(4-6-16)22(28)32-14-21(27)26(13-18-2-1-11-33-18)17-7-8-19-20(12-17)31-10-9-30-19/h1-8,11-12H,9-10,13-14H2,(H3,24,25,29). The molecule has 33 heavy (non-hydrogen) atoms. The number of urea groups is 1. The molecule has 1 aliphatic rings. The van der Waals surface area contributed by atoms with Gasteiger partial charge in [-0.15, -0.1) is 11.3 Å². The Bertz CT molecular complexity index is 1150. The van der Waals surface area contributed by atoms with Crippen molar-refractivity contribution in [3.8, 4) is 11.5 Å². The van der Waals surface area contributed by atoms with Crippen molar-refractivity contribution in [2.75, 3.05) is 30.0 Å². The van der Waals surface area contributed by atoms with E-state index in [1.54, 1.807) is 18.2 Å². The number of hydrogen-bond acceptors (Lipinski definition) is 7. The molecule has 3 aromatic rings. The average molecular weight is 468 g/mol. The molecule has 3 amide bonds. The Labute approximate surface area is 193 Å². The van der Waals surface area contributed by atoms with Crippen LogP contribution in [0.2, 0.25) is 0 Å². The quantitative estimate of drug-likeness (QED) is 0.514. The van der Waals surface area contributed by atoms with Crippen LogP contribution >= 0.6 is 11.3 Å². The Kier molecular flexibility index (Phi) is 6.75. The van der Waals surface area contributed by atoms with E-state index in [4.69, 9.17) is 19.9 Å². The summed E-state index contributed by atoms with van der Waals surface area (Å²) in [5.41, 5.74) is 6.35. The van der Waals surface area contributed by atoms with Crippen molar-refractivity contribution in [1.29, 1.82) is 0 Å². The number of nitrogens with zero attached hydrogens (tertiary/aromatic N) is 1. The van der Waals surface area contributed by atoms with E-state index >= 15 is 0 Å². The molecule has 0 saturated carbocycles. The molecule has 2 aromatic carbocycles. The van der Waals surface area contributed by atoms with Gasteiger partial charge >= 0.3 is 12.0 Å². The molecule has 0 bridgehead atoms. The molecule has 3 N–H and O–H groups in total. The molecule has 0 aliphatic carbocycles. The summed E-state index contributed by atoms with van der Waals surface area (Å²) in [6.07, 6.45) is 0. The maximum absolute atomic E-state index is 13.1. The van der Waals surface area contributed by atoms with Gasteiger partial charge < -0.3 is 30.2 Å². The lowest BCUT2D eigenvalue weighted by atomic mass is 10.2. The van der Waals surface area contributed by atoms with Gasteiger partial charge in [0.2, 0.25) is 0 Å². The monoisotopic (exact) mass is 467 g/mol. The van der Waals surface area contributed by atoms with Crippen LogP contribution in [0.25, 0.3) is 0 Å². The molecule has 4 rings (SSSR count). The summed E-state index contributed by atoms with van der Waals surface area (Å²) in [6.45, 7) is 0.779. The van der Waals surface area contributed by atoms with Gasteiger partial charge in [-0.1, -0.05) is 6.07 Å². The van der Waals surface area contributed by atoms with E-state index in [1.165, 1.54) is 40.5 Å². The molecule has 0 atom stereocenters. The minimum atomic E-state index is -0.708. The number of benzene rings is 2. The van der Waals surface area contributed by atoms with Crippen LogP contribution in [0.1, 0.15) is 15.2 Å². The number of primary amides is 1. The Morgan fingerprint density at radius 3 is 2.48 bits per heavy atom. The van der Waals surface area contributed by atoms with Crippen LogP contribution in [-0.4, -0.2) is 37.7 Å². The summed E-state index contributed by atoms with van der Waals surface area (Å²) < 4.78 is 16.4. The van der Waals surface area contributed by atoms with E-state index in [9.17, 15) is 14.4 Å². The number of nitrogens with one attached hydrogen (secondary N) is 1. The Hall–Kier alpha value is -4.05. The largest absolute Gasteiger partial charge is 0.486 e. The van der Waals surface area contributed by atoms with Crippen LogP contribution in [-0.2, 0) is 16.1 Å². The lowest BCUT2D eigenvalue weighted by Gasteiger charge is -2.25. The zero-order chi connectivity index (χ0) is 23.2. The molecular formula is C23H21N3O6S. The van der Waals surface area contributed by atoms with Crippen LogP contribution < -0.4 is 25.4 Å². The third kappa shape index (κ3) is 5.60. The number of thiophene rings is 1. The van der Waals surface area contributed by atoms with Gasteiger partial charge in [0.15, 0.2) is 18.1 Å². The predicted molar refractivity (Wildman–Crippen MR) is 123 cm³/mol. The summed E-state index contributed by atoms with van der Waals surface area (Å²) in [4.78, 5) is 38.9.